The van der Waals surface area contributed by atoms with Gasteiger partial charge in [-0.1, -0.05) is 0 Å². The normalized spacial score (nSPS) is 27.0. The minimum Gasteiger partial charge on any atom is -0.379 e. The number of nitrogens with one attached hydrogen (secondary N) is 1. The summed E-state index contributed by atoms with van der Waals surface area (Å²) in [6, 6.07) is 0. The quantitative estimate of drug-likeness (QED) is 0.706. The highest BCUT2D eigenvalue weighted by molar-refractivity contribution is 4.89. The summed E-state index contributed by atoms with van der Waals surface area (Å²) in [6.45, 7) is 4.38. The van der Waals surface area contributed by atoms with Gasteiger partial charge in [0.25, 0.3) is 0 Å². The molecular formula is C8H15N5O. The van der Waals surface area contributed by atoms with Crippen molar-refractivity contribution >= 4 is 0 Å². The van der Waals surface area contributed by atoms with Gasteiger partial charge in [-0.3, -0.25) is 0 Å². The Balaban J connectivity index is 1.87. The van der Waals surface area contributed by atoms with Crippen LogP contribution >= 0.6 is 0 Å². The summed E-state index contributed by atoms with van der Waals surface area (Å²) < 4.78 is 5.33. The second-order valence-electron chi connectivity index (χ2n) is 3.91. The fourth-order valence-corrected chi connectivity index (χ4v) is 1.49. The van der Waals surface area contributed by atoms with E-state index in [1.807, 2.05) is 0 Å². The lowest BCUT2D eigenvalue weighted by atomic mass is 10.0. The van der Waals surface area contributed by atoms with Crippen LogP contribution in [0.1, 0.15) is 19.2 Å². The minimum atomic E-state index is 0.0687. The lowest BCUT2D eigenvalue weighted by Crippen LogP contribution is -2.42. The molecule has 0 aliphatic carbocycles. The maximum absolute atomic E-state index is 5.33. The Morgan fingerprint density at radius 1 is 1.64 bits per heavy atom. The molecule has 2 heterocycles. The van der Waals surface area contributed by atoms with Gasteiger partial charge in [-0.25, -0.2) is 0 Å². The summed E-state index contributed by atoms with van der Waals surface area (Å²) in [6.07, 6.45) is 1.03. The number of rotatable bonds is 3. The Morgan fingerprint density at radius 2 is 2.50 bits per heavy atom. The molecule has 1 unspecified atom stereocenters. The van der Waals surface area contributed by atoms with Gasteiger partial charge in [0.2, 0.25) is 0 Å². The van der Waals surface area contributed by atoms with Crippen LogP contribution in [0.5, 0.6) is 0 Å². The molecule has 1 aromatic heterocycles. The average Bonchev–Trinajstić information content (AvgIpc) is 2.73. The molecule has 1 N–H and O–H groups in total. The first-order valence-electron chi connectivity index (χ1n) is 4.74. The molecule has 6 heteroatoms. The Bertz CT molecular complexity index is 304. The second kappa shape index (κ2) is 3.62. The van der Waals surface area contributed by atoms with Crippen molar-refractivity contribution in [2.75, 3.05) is 13.2 Å². The van der Waals surface area contributed by atoms with Crippen LogP contribution in [0.3, 0.4) is 0 Å². The van der Waals surface area contributed by atoms with Gasteiger partial charge in [0.15, 0.2) is 5.82 Å². The van der Waals surface area contributed by atoms with Crippen LogP contribution in [0.4, 0.5) is 0 Å². The molecule has 14 heavy (non-hydrogen) atoms. The number of hydrogen-bond acceptors (Lipinski definition) is 5. The summed E-state index contributed by atoms with van der Waals surface area (Å²) in [7, 11) is 1.76. The van der Waals surface area contributed by atoms with Gasteiger partial charge in [0.1, 0.15) is 0 Å². The van der Waals surface area contributed by atoms with Crippen molar-refractivity contribution in [1.29, 1.82) is 0 Å². The number of nitrogens with zero attached hydrogens (tertiary/aromatic N) is 4. The van der Waals surface area contributed by atoms with Gasteiger partial charge in [0, 0.05) is 12.1 Å². The number of hydrogen-bond donors (Lipinski definition) is 1. The summed E-state index contributed by atoms with van der Waals surface area (Å²) in [5.41, 5.74) is 0.0687. The monoisotopic (exact) mass is 197 g/mol. The van der Waals surface area contributed by atoms with Gasteiger partial charge >= 0.3 is 0 Å². The van der Waals surface area contributed by atoms with Crippen LogP contribution in [0, 0.1) is 0 Å². The van der Waals surface area contributed by atoms with Crippen LogP contribution in [-0.4, -0.2) is 39.0 Å². The second-order valence-corrected chi connectivity index (χ2v) is 3.91. The molecule has 6 nitrogen and oxygen atoms in total. The largest absolute Gasteiger partial charge is 0.379 e. The van der Waals surface area contributed by atoms with Crippen LogP contribution in [-0.2, 0) is 18.3 Å². The maximum Gasteiger partial charge on any atom is 0.188 e. The minimum absolute atomic E-state index is 0.0687. The van der Waals surface area contributed by atoms with Crippen molar-refractivity contribution < 1.29 is 4.74 Å². The van der Waals surface area contributed by atoms with Crippen LogP contribution in [0.25, 0.3) is 0 Å². The molecule has 1 atom stereocenters. The van der Waals surface area contributed by atoms with E-state index in [1.165, 1.54) is 4.80 Å². The van der Waals surface area contributed by atoms with E-state index >= 15 is 0 Å². The molecule has 0 bridgehead atoms. The fourth-order valence-electron chi connectivity index (χ4n) is 1.49. The Kier molecular flexibility index (Phi) is 2.47. The van der Waals surface area contributed by atoms with Crippen molar-refractivity contribution in [1.82, 2.24) is 25.5 Å². The summed E-state index contributed by atoms with van der Waals surface area (Å²) in [4.78, 5) is 1.46. The van der Waals surface area contributed by atoms with Gasteiger partial charge in [0.05, 0.1) is 20.2 Å². The molecule has 0 saturated carbocycles. The van der Waals surface area contributed by atoms with Crippen molar-refractivity contribution in [2.24, 2.45) is 7.05 Å². The van der Waals surface area contributed by atoms with Gasteiger partial charge in [-0.15, -0.1) is 10.2 Å². The van der Waals surface area contributed by atoms with Crippen molar-refractivity contribution in [3.05, 3.63) is 5.82 Å². The smallest absolute Gasteiger partial charge is 0.188 e. The third kappa shape index (κ3) is 2.08. The molecule has 2 rings (SSSR count). The number of aromatic nitrogens is 4. The van der Waals surface area contributed by atoms with E-state index in [4.69, 9.17) is 4.74 Å². The molecule has 1 saturated heterocycles. The molecule has 0 spiro atoms. The molecule has 0 radical (unpaired) electrons. The molecule has 1 aliphatic rings. The van der Waals surface area contributed by atoms with E-state index in [0.717, 1.165) is 25.5 Å². The molecule has 0 aromatic carbocycles. The first-order chi connectivity index (χ1) is 6.68. The molecule has 1 aliphatic heterocycles. The highest BCUT2D eigenvalue weighted by Crippen LogP contribution is 2.17. The first-order valence-corrected chi connectivity index (χ1v) is 4.74. The van der Waals surface area contributed by atoms with Crippen LogP contribution in [0.15, 0.2) is 0 Å². The Labute approximate surface area is 82.6 Å². The van der Waals surface area contributed by atoms with E-state index in [1.54, 1.807) is 7.05 Å². The topological polar surface area (TPSA) is 64.9 Å². The lowest BCUT2D eigenvalue weighted by Gasteiger charge is -2.22. The SMILES string of the molecule is Cn1nnc(CNC2(C)CCOC2)n1. The first kappa shape index (κ1) is 9.54. The van der Waals surface area contributed by atoms with Crippen molar-refractivity contribution in [3.63, 3.8) is 0 Å². The van der Waals surface area contributed by atoms with Gasteiger partial charge in [-0.2, -0.15) is 4.80 Å². The molecular weight excluding hydrogens is 182 g/mol. The van der Waals surface area contributed by atoms with E-state index in [0.29, 0.717) is 6.54 Å². The van der Waals surface area contributed by atoms with E-state index in [-0.39, 0.29) is 5.54 Å². The number of aryl methyl sites for hydroxylation is 1. The lowest BCUT2D eigenvalue weighted by molar-refractivity contribution is 0.171. The molecule has 1 fully saturated rings. The third-order valence-electron chi connectivity index (χ3n) is 2.44. The molecule has 0 amide bonds. The van der Waals surface area contributed by atoms with Crippen LogP contribution < -0.4 is 5.32 Å². The average molecular weight is 197 g/mol. The number of tetrazole rings is 1. The zero-order valence-electron chi connectivity index (χ0n) is 8.53. The Hall–Kier alpha value is -1.01. The van der Waals surface area contributed by atoms with E-state index in [9.17, 15) is 0 Å². The van der Waals surface area contributed by atoms with E-state index < -0.39 is 0 Å². The Morgan fingerprint density at radius 3 is 3.07 bits per heavy atom. The van der Waals surface area contributed by atoms with Gasteiger partial charge in [-0.05, 0) is 18.6 Å². The zero-order chi connectivity index (χ0) is 10.0. The number of ether oxygens (including phenoxy) is 1. The van der Waals surface area contributed by atoms with Crippen molar-refractivity contribution in [2.45, 2.75) is 25.4 Å². The van der Waals surface area contributed by atoms with E-state index in [2.05, 4.69) is 27.7 Å². The fraction of sp³-hybridized carbons (Fsp3) is 0.875. The van der Waals surface area contributed by atoms with Crippen LogP contribution in [0.2, 0.25) is 0 Å². The molecule has 1 aromatic rings. The molecule has 78 valence electrons. The predicted molar refractivity (Wildman–Crippen MR) is 49.5 cm³/mol. The predicted octanol–water partition coefficient (Wildman–Crippen LogP) is -0.521. The highest BCUT2D eigenvalue weighted by atomic mass is 16.5. The summed E-state index contributed by atoms with van der Waals surface area (Å²) >= 11 is 0. The summed E-state index contributed by atoms with van der Waals surface area (Å²) in [5, 5.41) is 15.2. The highest BCUT2D eigenvalue weighted by Gasteiger charge is 2.29. The maximum atomic E-state index is 5.33. The van der Waals surface area contributed by atoms with Crippen molar-refractivity contribution in [3.8, 4) is 0 Å². The van der Waals surface area contributed by atoms with Gasteiger partial charge < -0.3 is 10.1 Å². The zero-order valence-corrected chi connectivity index (χ0v) is 8.53. The standard InChI is InChI=1S/C8H15N5O/c1-8(3-4-14-6-8)9-5-7-10-12-13(2)11-7/h9H,3-6H2,1-2H3. The summed E-state index contributed by atoms with van der Waals surface area (Å²) in [5.74, 6) is 0.723. The third-order valence-corrected chi connectivity index (χ3v) is 2.44.